The van der Waals surface area contributed by atoms with Crippen molar-refractivity contribution in [3.63, 3.8) is 0 Å². The molecule has 0 unspecified atom stereocenters. The second-order valence-electron chi connectivity index (χ2n) is 14.8. The molecule has 60 heavy (non-hydrogen) atoms. The summed E-state index contributed by atoms with van der Waals surface area (Å²) in [5.74, 6) is -1.90. The molecule has 0 amide bonds. The van der Waals surface area contributed by atoms with E-state index in [0.717, 1.165) is 25.7 Å². The number of ether oxygens (including phenoxy) is 4. The van der Waals surface area contributed by atoms with Crippen molar-refractivity contribution in [2.75, 3.05) is 0 Å². The van der Waals surface area contributed by atoms with Crippen LogP contribution in [0.2, 0.25) is 0 Å². The van der Waals surface area contributed by atoms with Crippen molar-refractivity contribution in [3.05, 3.63) is 154 Å². The van der Waals surface area contributed by atoms with Gasteiger partial charge in [-0.05, 0) is 122 Å². The smallest absolute Gasteiger partial charge is 0.343 e. The zero-order valence-electron chi connectivity index (χ0n) is 34.6. The van der Waals surface area contributed by atoms with Crippen LogP contribution in [0.1, 0.15) is 149 Å². The Labute approximate surface area is 353 Å². The first-order valence-corrected chi connectivity index (χ1v) is 21.1. The first-order chi connectivity index (χ1) is 29.3. The Morgan fingerprint density at radius 3 is 1.13 bits per heavy atom. The molecule has 0 atom stereocenters. The average molecular weight is 808 g/mol. The lowest BCUT2D eigenvalue weighted by Crippen LogP contribution is -2.13. The van der Waals surface area contributed by atoms with Crippen molar-refractivity contribution >= 4 is 23.9 Å². The molecule has 5 aromatic rings. The highest BCUT2D eigenvalue weighted by Crippen LogP contribution is 2.27. The fourth-order valence-corrected chi connectivity index (χ4v) is 6.55. The minimum atomic E-state index is -0.789. The number of rotatable bonds is 22. The standard InChI is InChI=1S/C51H53NO8/c1-3-5-7-9-11-13-15-37-17-30-44(31-18-37)57-48(53)39-21-23-41(24-22-39)50(55)59-46-34-29-43(36-52)47(35-46)60-51(56)42-27-25-40(26-28-42)49(54)58-45-32-19-38(20-33-45)16-14-12-10-8-6-4-2/h17-35H,3-16H2,1-2H3. The number of hydrogen-bond acceptors (Lipinski definition) is 9. The third-order valence-corrected chi connectivity index (χ3v) is 10.1. The van der Waals surface area contributed by atoms with Gasteiger partial charge in [-0.15, -0.1) is 0 Å². The largest absolute Gasteiger partial charge is 0.423 e. The second-order valence-corrected chi connectivity index (χ2v) is 14.8. The third kappa shape index (κ3) is 14.1. The number of hydrogen-bond donors (Lipinski definition) is 0. The van der Waals surface area contributed by atoms with E-state index in [1.54, 1.807) is 24.3 Å². The highest BCUT2D eigenvalue weighted by molar-refractivity contribution is 5.96. The summed E-state index contributed by atoms with van der Waals surface area (Å²) < 4.78 is 22.1. The van der Waals surface area contributed by atoms with Crippen LogP contribution >= 0.6 is 0 Å². The number of esters is 4. The molecule has 5 rings (SSSR count). The molecule has 0 aliphatic heterocycles. The topological polar surface area (TPSA) is 129 Å². The molecule has 0 radical (unpaired) electrons. The van der Waals surface area contributed by atoms with Gasteiger partial charge in [-0.1, -0.05) is 102 Å². The van der Waals surface area contributed by atoms with Crippen LogP contribution in [0.5, 0.6) is 23.0 Å². The number of unbranched alkanes of at least 4 members (excludes halogenated alkanes) is 10. The highest BCUT2D eigenvalue weighted by Gasteiger charge is 2.18. The molecule has 0 fully saturated rings. The van der Waals surface area contributed by atoms with Gasteiger partial charge in [0.1, 0.15) is 23.3 Å². The van der Waals surface area contributed by atoms with Crippen LogP contribution in [-0.2, 0) is 12.8 Å². The summed E-state index contributed by atoms with van der Waals surface area (Å²) in [6.45, 7) is 4.42. The molecule has 0 N–H and O–H groups in total. The van der Waals surface area contributed by atoms with E-state index >= 15 is 0 Å². The summed E-state index contributed by atoms with van der Waals surface area (Å²) in [5.41, 5.74) is 3.20. The molecule has 0 heterocycles. The van der Waals surface area contributed by atoms with Crippen molar-refractivity contribution < 1.29 is 38.1 Å². The van der Waals surface area contributed by atoms with E-state index in [-0.39, 0.29) is 39.3 Å². The summed E-state index contributed by atoms with van der Waals surface area (Å²) in [6, 6.07) is 32.6. The van der Waals surface area contributed by atoms with Gasteiger partial charge < -0.3 is 18.9 Å². The maximum absolute atomic E-state index is 13.1. The Kier molecular flexibility index (Phi) is 17.7. The van der Waals surface area contributed by atoms with Crippen LogP contribution in [-0.4, -0.2) is 23.9 Å². The van der Waals surface area contributed by atoms with Crippen molar-refractivity contribution in [1.82, 2.24) is 0 Å². The molecule has 5 aromatic carbocycles. The zero-order chi connectivity index (χ0) is 42.5. The Bertz CT molecular complexity index is 2200. The molecular weight excluding hydrogens is 755 g/mol. The van der Waals surface area contributed by atoms with E-state index in [9.17, 15) is 24.4 Å². The lowest BCUT2D eigenvalue weighted by molar-refractivity contribution is 0.0713. The molecule has 310 valence electrons. The fourth-order valence-electron chi connectivity index (χ4n) is 6.55. The van der Waals surface area contributed by atoms with Crippen LogP contribution in [0.3, 0.4) is 0 Å². The number of benzene rings is 5. The fraction of sp³-hybridized carbons (Fsp3) is 0.314. The van der Waals surface area contributed by atoms with Gasteiger partial charge in [0.05, 0.1) is 27.8 Å². The van der Waals surface area contributed by atoms with E-state index in [1.807, 2.05) is 30.3 Å². The minimum absolute atomic E-state index is 0.0266. The van der Waals surface area contributed by atoms with Crippen LogP contribution < -0.4 is 18.9 Å². The van der Waals surface area contributed by atoms with Crippen molar-refractivity contribution in [2.45, 2.75) is 104 Å². The highest BCUT2D eigenvalue weighted by atomic mass is 16.6. The van der Waals surface area contributed by atoms with Gasteiger partial charge >= 0.3 is 23.9 Å². The summed E-state index contributed by atoms with van der Waals surface area (Å²) in [6.07, 6.45) is 16.7. The molecular formula is C51H53NO8. The molecule has 0 aliphatic carbocycles. The molecule has 0 saturated heterocycles. The van der Waals surface area contributed by atoms with Gasteiger partial charge in [-0.25, -0.2) is 19.2 Å². The number of carbonyl (C=O) groups excluding carboxylic acids is 4. The lowest BCUT2D eigenvalue weighted by atomic mass is 10.0. The number of nitriles is 1. The summed E-state index contributed by atoms with van der Waals surface area (Å²) in [7, 11) is 0. The third-order valence-electron chi connectivity index (χ3n) is 10.1. The molecule has 0 aromatic heterocycles. The number of carbonyl (C=O) groups is 4. The lowest BCUT2D eigenvalue weighted by Gasteiger charge is -2.10. The molecule has 0 aliphatic rings. The summed E-state index contributed by atoms with van der Waals surface area (Å²) in [4.78, 5) is 51.7. The molecule has 9 nitrogen and oxygen atoms in total. The molecule has 0 spiro atoms. The Morgan fingerprint density at radius 2 is 0.750 bits per heavy atom. The van der Waals surface area contributed by atoms with Crippen molar-refractivity contribution in [1.29, 1.82) is 5.26 Å². The van der Waals surface area contributed by atoms with Gasteiger partial charge in [-0.2, -0.15) is 5.26 Å². The van der Waals surface area contributed by atoms with Crippen LogP contribution in [0.4, 0.5) is 0 Å². The Hall–Kier alpha value is -6.53. The first-order valence-electron chi connectivity index (χ1n) is 21.1. The molecule has 0 saturated carbocycles. The van der Waals surface area contributed by atoms with Gasteiger partial charge in [0.25, 0.3) is 0 Å². The maximum atomic E-state index is 13.1. The van der Waals surface area contributed by atoms with Crippen LogP contribution in [0.15, 0.2) is 115 Å². The Morgan fingerprint density at radius 1 is 0.417 bits per heavy atom. The van der Waals surface area contributed by atoms with E-state index in [4.69, 9.17) is 18.9 Å². The van der Waals surface area contributed by atoms with E-state index in [2.05, 4.69) is 13.8 Å². The normalized spacial score (nSPS) is 10.7. The minimum Gasteiger partial charge on any atom is -0.423 e. The second kappa shape index (κ2) is 23.8. The number of aryl methyl sites for hydroxylation is 2. The van der Waals surface area contributed by atoms with Gasteiger partial charge in [0.15, 0.2) is 5.75 Å². The van der Waals surface area contributed by atoms with Gasteiger partial charge in [-0.3, -0.25) is 0 Å². The van der Waals surface area contributed by atoms with Crippen LogP contribution in [0, 0.1) is 11.3 Å². The van der Waals surface area contributed by atoms with Gasteiger partial charge in [0, 0.05) is 6.07 Å². The SMILES string of the molecule is CCCCCCCCc1ccc(OC(=O)c2ccc(C(=O)Oc3ccc(C#N)c(OC(=O)c4ccc(C(=O)Oc5ccc(CCCCCCCC)cc5)cc4)c3)cc2)cc1. The van der Waals surface area contributed by atoms with Crippen molar-refractivity contribution in [2.24, 2.45) is 0 Å². The van der Waals surface area contributed by atoms with Crippen molar-refractivity contribution in [3.8, 4) is 29.1 Å². The van der Waals surface area contributed by atoms with Crippen LogP contribution in [0.25, 0.3) is 0 Å². The molecule has 9 heteroatoms. The quantitative estimate of drug-likeness (QED) is 0.0381. The van der Waals surface area contributed by atoms with E-state index in [1.165, 1.54) is 142 Å². The predicted octanol–water partition coefficient (Wildman–Crippen LogP) is 12.2. The predicted molar refractivity (Wildman–Crippen MR) is 231 cm³/mol. The average Bonchev–Trinajstić information content (AvgIpc) is 3.27. The Balaban J connectivity index is 1.10. The van der Waals surface area contributed by atoms with Gasteiger partial charge in [0.2, 0.25) is 0 Å². The van der Waals surface area contributed by atoms with E-state index in [0.29, 0.717) is 11.5 Å². The summed E-state index contributed by atoms with van der Waals surface area (Å²) >= 11 is 0. The summed E-state index contributed by atoms with van der Waals surface area (Å²) in [5, 5.41) is 9.66. The monoisotopic (exact) mass is 807 g/mol. The maximum Gasteiger partial charge on any atom is 0.343 e. The molecule has 0 bridgehead atoms. The number of nitrogens with zero attached hydrogens (tertiary/aromatic N) is 1. The first kappa shape index (κ1) is 44.6. The van der Waals surface area contributed by atoms with E-state index < -0.39 is 23.9 Å². The zero-order valence-corrected chi connectivity index (χ0v) is 34.6.